The minimum Gasteiger partial charge on any atom is -0.508 e. The molecule has 0 aromatic heterocycles. The number of aromatic hydroxyl groups is 1. The van der Waals surface area contributed by atoms with E-state index in [4.69, 9.17) is 9.57 Å². The molecule has 0 aliphatic carbocycles. The van der Waals surface area contributed by atoms with E-state index in [1.54, 1.807) is 29.2 Å². The summed E-state index contributed by atoms with van der Waals surface area (Å²) in [7, 11) is 0. The second-order valence-electron chi connectivity index (χ2n) is 7.87. The molecule has 2 aliphatic heterocycles. The number of phenols is 1. The van der Waals surface area contributed by atoms with E-state index in [-0.39, 0.29) is 31.3 Å². The average molecular weight is 443 g/mol. The van der Waals surface area contributed by atoms with Crippen LogP contribution in [-0.4, -0.2) is 65.1 Å². The molecule has 0 spiro atoms. The van der Waals surface area contributed by atoms with Crippen molar-refractivity contribution in [3.05, 3.63) is 53.6 Å². The molecule has 8 heteroatoms. The van der Waals surface area contributed by atoms with Gasteiger partial charge in [0.25, 0.3) is 5.91 Å². The molecule has 172 valence electrons. The first-order valence-corrected chi connectivity index (χ1v) is 11.0. The van der Waals surface area contributed by atoms with Crippen LogP contribution in [0.1, 0.15) is 48.0 Å². The zero-order valence-corrected chi connectivity index (χ0v) is 18.1. The Bertz CT molecular complexity index is 886. The molecule has 8 nitrogen and oxygen atoms in total. The summed E-state index contributed by atoms with van der Waals surface area (Å²) in [4.78, 5) is 32.0. The molecule has 0 saturated carbocycles. The number of allylic oxidation sites excluding steroid dienone is 1. The minimum absolute atomic E-state index is 0.0144. The molecule has 2 heterocycles. The van der Waals surface area contributed by atoms with Crippen molar-refractivity contribution in [1.29, 1.82) is 0 Å². The van der Waals surface area contributed by atoms with Crippen LogP contribution < -0.4 is 0 Å². The standard InChI is InChI=1S/C24H30N2O6/c27-20-8-2-5-14-31-24(30)22-11-10-21(28)16-18(22)15-19(7-6-9-20)25-32-17-23(29)26-12-3-1-4-13-26/h2,6-8,10-11,16,20,27-28H,1,3-5,9,12-15,17H2/b7-6+,8-2+,25-19-. The molecule has 2 aliphatic rings. The fourth-order valence-corrected chi connectivity index (χ4v) is 3.62. The molecule has 1 unspecified atom stereocenters. The number of nitrogens with zero attached hydrogens (tertiary/aromatic N) is 2. The molecule has 1 aromatic carbocycles. The highest BCUT2D eigenvalue weighted by atomic mass is 16.6. The molecular formula is C24H30N2O6. The van der Waals surface area contributed by atoms with Gasteiger partial charge in [0, 0.05) is 19.5 Å². The van der Waals surface area contributed by atoms with Crippen molar-refractivity contribution in [1.82, 2.24) is 4.90 Å². The Morgan fingerprint density at radius 3 is 2.84 bits per heavy atom. The van der Waals surface area contributed by atoms with E-state index in [0.717, 1.165) is 32.4 Å². The number of rotatable bonds is 3. The van der Waals surface area contributed by atoms with Gasteiger partial charge in [-0.25, -0.2) is 4.79 Å². The number of cyclic esters (lactones) is 1. The van der Waals surface area contributed by atoms with Crippen molar-refractivity contribution < 1.29 is 29.4 Å². The predicted molar refractivity (Wildman–Crippen MR) is 119 cm³/mol. The van der Waals surface area contributed by atoms with Gasteiger partial charge in [0.1, 0.15) is 5.75 Å². The number of phenolic OH excluding ortho intramolecular Hbond substituents is 1. The first-order valence-electron chi connectivity index (χ1n) is 11.0. The zero-order valence-electron chi connectivity index (χ0n) is 18.1. The average Bonchev–Trinajstić information content (AvgIpc) is 2.78. The molecule has 2 N–H and O–H groups in total. The maximum absolute atomic E-state index is 12.5. The lowest BCUT2D eigenvalue weighted by Crippen LogP contribution is -2.37. The quantitative estimate of drug-likeness (QED) is 0.423. The number of esters is 1. The van der Waals surface area contributed by atoms with E-state index < -0.39 is 12.1 Å². The lowest BCUT2D eigenvalue weighted by atomic mass is 10.0. The van der Waals surface area contributed by atoms with Gasteiger partial charge in [0.15, 0.2) is 6.61 Å². The molecule has 1 saturated heterocycles. The lowest BCUT2D eigenvalue weighted by molar-refractivity contribution is -0.137. The number of aliphatic hydroxyl groups excluding tert-OH is 1. The maximum Gasteiger partial charge on any atom is 0.338 e. The summed E-state index contributed by atoms with van der Waals surface area (Å²) in [6.45, 7) is 1.48. The molecule has 1 atom stereocenters. The smallest absolute Gasteiger partial charge is 0.338 e. The van der Waals surface area contributed by atoms with Gasteiger partial charge in [-0.2, -0.15) is 0 Å². The van der Waals surface area contributed by atoms with Crippen LogP contribution in [0, 0.1) is 0 Å². The first kappa shape index (κ1) is 23.5. The van der Waals surface area contributed by atoms with Gasteiger partial charge < -0.3 is 24.7 Å². The van der Waals surface area contributed by atoms with Crippen LogP contribution >= 0.6 is 0 Å². The van der Waals surface area contributed by atoms with E-state index >= 15 is 0 Å². The number of likely N-dealkylation sites (tertiary alicyclic amines) is 1. The first-order chi connectivity index (χ1) is 15.5. The summed E-state index contributed by atoms with van der Waals surface area (Å²) < 4.78 is 5.31. The summed E-state index contributed by atoms with van der Waals surface area (Å²) in [6.07, 6.45) is 10.4. The number of amides is 1. The molecule has 1 aromatic rings. The third kappa shape index (κ3) is 7.23. The number of fused-ring (bicyclic) bond motifs is 1. The number of piperidine rings is 1. The Morgan fingerprint density at radius 1 is 1.22 bits per heavy atom. The lowest BCUT2D eigenvalue weighted by Gasteiger charge is -2.26. The number of hydrogen-bond donors (Lipinski definition) is 2. The Balaban J connectivity index is 1.78. The van der Waals surface area contributed by atoms with Crippen molar-refractivity contribution in [2.24, 2.45) is 5.16 Å². The monoisotopic (exact) mass is 442 g/mol. The van der Waals surface area contributed by atoms with Gasteiger partial charge in [-0.05, 0) is 61.9 Å². The normalized spacial score (nSPS) is 23.5. The molecule has 1 amide bonds. The number of hydrogen-bond acceptors (Lipinski definition) is 7. The number of benzene rings is 1. The number of carbonyl (C=O) groups is 2. The van der Waals surface area contributed by atoms with Gasteiger partial charge in [-0.1, -0.05) is 23.4 Å². The summed E-state index contributed by atoms with van der Waals surface area (Å²) in [6, 6.07) is 4.43. The largest absolute Gasteiger partial charge is 0.508 e. The number of ether oxygens (including phenoxy) is 1. The second kappa shape index (κ2) is 12.0. The summed E-state index contributed by atoms with van der Waals surface area (Å²) in [5.74, 6) is -0.600. The van der Waals surface area contributed by atoms with Crippen molar-refractivity contribution in [3.63, 3.8) is 0 Å². The van der Waals surface area contributed by atoms with Crippen molar-refractivity contribution in [2.45, 2.75) is 44.6 Å². The molecular weight excluding hydrogens is 412 g/mol. The van der Waals surface area contributed by atoms with E-state index in [9.17, 15) is 19.8 Å². The Labute approximate surface area is 187 Å². The van der Waals surface area contributed by atoms with E-state index in [2.05, 4.69) is 5.16 Å². The maximum atomic E-state index is 12.5. The molecule has 1 fully saturated rings. The van der Waals surface area contributed by atoms with Gasteiger partial charge >= 0.3 is 5.97 Å². The molecule has 32 heavy (non-hydrogen) atoms. The van der Waals surface area contributed by atoms with Gasteiger partial charge in [0.05, 0.1) is 24.0 Å². The number of carbonyl (C=O) groups excluding carboxylic acids is 2. The number of aliphatic hydroxyl groups is 1. The van der Waals surface area contributed by atoms with Crippen LogP contribution in [0.5, 0.6) is 5.75 Å². The molecule has 0 bridgehead atoms. The van der Waals surface area contributed by atoms with Crippen molar-refractivity contribution >= 4 is 17.6 Å². The summed E-state index contributed by atoms with van der Waals surface area (Å²) >= 11 is 0. The van der Waals surface area contributed by atoms with Crippen LogP contribution in [0.2, 0.25) is 0 Å². The van der Waals surface area contributed by atoms with Crippen LogP contribution in [0.4, 0.5) is 0 Å². The summed E-state index contributed by atoms with van der Waals surface area (Å²) in [5.41, 5.74) is 1.30. The predicted octanol–water partition coefficient (Wildman–Crippen LogP) is 2.74. The van der Waals surface area contributed by atoms with Crippen LogP contribution in [0.3, 0.4) is 0 Å². The minimum atomic E-state index is -0.677. The van der Waals surface area contributed by atoms with E-state index in [1.807, 2.05) is 0 Å². The highest BCUT2D eigenvalue weighted by molar-refractivity contribution is 5.99. The third-order valence-corrected chi connectivity index (χ3v) is 5.32. The Morgan fingerprint density at radius 2 is 2.03 bits per heavy atom. The fourth-order valence-electron chi connectivity index (χ4n) is 3.62. The topological polar surface area (TPSA) is 109 Å². The number of oxime groups is 1. The van der Waals surface area contributed by atoms with Crippen LogP contribution in [-0.2, 0) is 20.8 Å². The van der Waals surface area contributed by atoms with Gasteiger partial charge in [-0.15, -0.1) is 0 Å². The van der Waals surface area contributed by atoms with Crippen LogP contribution in [0.15, 0.2) is 47.7 Å². The molecule has 3 rings (SSSR count). The summed E-state index contributed by atoms with van der Waals surface area (Å²) in [5, 5.41) is 24.1. The zero-order chi connectivity index (χ0) is 22.8. The van der Waals surface area contributed by atoms with E-state index in [1.165, 1.54) is 18.2 Å². The highest BCUT2D eigenvalue weighted by Crippen LogP contribution is 2.20. The Hall–Kier alpha value is -3.13. The highest BCUT2D eigenvalue weighted by Gasteiger charge is 2.18. The van der Waals surface area contributed by atoms with Crippen LogP contribution in [0.25, 0.3) is 0 Å². The SMILES string of the molecule is O=C1OCC/C=C/C(O)C/C=C/C(=N/OCC(=O)N2CCCCC2)Cc2cc(O)ccc21. The third-order valence-electron chi connectivity index (χ3n) is 5.32. The van der Waals surface area contributed by atoms with Crippen molar-refractivity contribution in [3.8, 4) is 5.75 Å². The fraction of sp³-hybridized carbons (Fsp3) is 0.458. The van der Waals surface area contributed by atoms with E-state index in [0.29, 0.717) is 29.7 Å². The van der Waals surface area contributed by atoms with Gasteiger partial charge in [-0.3, -0.25) is 4.79 Å². The van der Waals surface area contributed by atoms with Crippen molar-refractivity contribution in [2.75, 3.05) is 26.3 Å². The molecule has 0 radical (unpaired) electrons. The van der Waals surface area contributed by atoms with Gasteiger partial charge in [0.2, 0.25) is 0 Å². The Kier molecular flexibility index (Phi) is 8.86. The second-order valence-corrected chi connectivity index (χ2v) is 7.87.